The molecular weight excluding hydrogens is 482 g/mol. The summed E-state index contributed by atoms with van der Waals surface area (Å²) in [7, 11) is 3.98. The third-order valence-electron chi connectivity index (χ3n) is 8.20. The van der Waals surface area contributed by atoms with Gasteiger partial charge in [-0.25, -0.2) is 4.99 Å². The highest BCUT2D eigenvalue weighted by Gasteiger charge is 2.43. The molecule has 0 spiro atoms. The van der Waals surface area contributed by atoms with Crippen molar-refractivity contribution in [1.29, 1.82) is 0 Å². The smallest absolute Gasteiger partial charge is 0.435 e. The quantitative estimate of drug-likeness (QED) is 0.0477. The van der Waals surface area contributed by atoms with Crippen LogP contribution in [0.25, 0.3) is 0 Å². The number of hydrogen-bond acceptors (Lipinski definition) is 2. The summed E-state index contributed by atoms with van der Waals surface area (Å²) in [5.41, 5.74) is 0. The SMILES string of the molecule is CCCCCCCCCCN=C(N(C)C)[N+](CCCCCCCCCC)(CCCCCCCCCC)C(=O)O. The highest BCUT2D eigenvalue weighted by atomic mass is 16.4. The Balaban J connectivity index is 5.09. The average molecular weight is 553 g/mol. The van der Waals surface area contributed by atoms with Crippen molar-refractivity contribution in [3.63, 3.8) is 0 Å². The first-order valence-electron chi connectivity index (χ1n) is 17.3. The van der Waals surface area contributed by atoms with Crippen molar-refractivity contribution >= 4 is 12.1 Å². The van der Waals surface area contributed by atoms with Gasteiger partial charge in [-0.1, -0.05) is 143 Å². The molecule has 0 aromatic carbocycles. The van der Waals surface area contributed by atoms with Gasteiger partial charge in [-0.3, -0.25) is 0 Å². The summed E-state index contributed by atoms with van der Waals surface area (Å²) in [6, 6.07) is 0. The van der Waals surface area contributed by atoms with Gasteiger partial charge in [-0.2, -0.15) is 9.28 Å². The molecule has 0 fully saturated rings. The Morgan fingerprint density at radius 2 is 0.846 bits per heavy atom. The highest BCUT2D eigenvalue weighted by Crippen LogP contribution is 2.20. The molecule has 0 saturated heterocycles. The molecular formula is C34H70N3O2+. The normalized spacial score (nSPS) is 12.3. The molecule has 0 saturated carbocycles. The van der Waals surface area contributed by atoms with E-state index in [0.717, 1.165) is 44.6 Å². The molecule has 0 aliphatic rings. The van der Waals surface area contributed by atoms with Crippen molar-refractivity contribution in [3.8, 4) is 0 Å². The molecule has 0 unspecified atom stereocenters. The van der Waals surface area contributed by atoms with Crippen LogP contribution in [0.4, 0.5) is 4.79 Å². The minimum atomic E-state index is -0.718. The van der Waals surface area contributed by atoms with Crippen LogP contribution in [-0.4, -0.2) is 60.3 Å². The number of unbranched alkanes of at least 4 members (excludes halogenated alkanes) is 21. The molecule has 0 aromatic rings. The van der Waals surface area contributed by atoms with Gasteiger partial charge in [0.25, 0.3) is 0 Å². The van der Waals surface area contributed by atoms with Gasteiger partial charge in [0.2, 0.25) is 0 Å². The van der Waals surface area contributed by atoms with Gasteiger partial charge in [0.05, 0.1) is 13.1 Å². The van der Waals surface area contributed by atoms with Crippen LogP contribution in [0.2, 0.25) is 0 Å². The van der Waals surface area contributed by atoms with Crippen molar-refractivity contribution in [1.82, 2.24) is 4.90 Å². The minimum absolute atomic E-state index is 0.00961. The summed E-state index contributed by atoms with van der Waals surface area (Å²) in [4.78, 5) is 20.0. The summed E-state index contributed by atoms with van der Waals surface area (Å²) < 4.78 is 0.00961. The minimum Gasteiger partial charge on any atom is -0.435 e. The molecule has 0 rings (SSSR count). The van der Waals surface area contributed by atoms with Crippen LogP contribution in [0.15, 0.2) is 4.99 Å². The van der Waals surface area contributed by atoms with Gasteiger partial charge in [-0.05, 0) is 32.1 Å². The lowest BCUT2D eigenvalue weighted by atomic mass is 10.1. The zero-order valence-electron chi connectivity index (χ0n) is 27.3. The van der Waals surface area contributed by atoms with E-state index >= 15 is 0 Å². The molecule has 5 heteroatoms. The number of amides is 1. The molecule has 0 aliphatic carbocycles. The number of rotatable bonds is 27. The number of quaternary nitrogens is 1. The monoisotopic (exact) mass is 553 g/mol. The van der Waals surface area contributed by atoms with Crippen LogP contribution in [-0.2, 0) is 0 Å². The van der Waals surface area contributed by atoms with E-state index in [-0.39, 0.29) is 4.48 Å². The Labute approximate surface area is 244 Å². The van der Waals surface area contributed by atoms with Gasteiger partial charge in [0, 0.05) is 20.6 Å². The number of hydrogen-bond donors (Lipinski definition) is 1. The lowest BCUT2D eigenvalue weighted by Gasteiger charge is -2.35. The lowest BCUT2D eigenvalue weighted by molar-refractivity contribution is -0.773. The van der Waals surface area contributed by atoms with Gasteiger partial charge >= 0.3 is 12.1 Å². The molecule has 0 bridgehead atoms. The Morgan fingerprint density at radius 1 is 0.538 bits per heavy atom. The van der Waals surface area contributed by atoms with Gasteiger partial charge < -0.3 is 10.0 Å². The zero-order valence-corrected chi connectivity index (χ0v) is 27.3. The second-order valence-corrected chi connectivity index (χ2v) is 12.2. The predicted octanol–water partition coefficient (Wildman–Crippen LogP) is 10.8. The first kappa shape index (κ1) is 37.9. The number of guanidine groups is 1. The van der Waals surface area contributed by atoms with E-state index in [4.69, 9.17) is 4.99 Å². The van der Waals surface area contributed by atoms with Crippen molar-refractivity contribution in [3.05, 3.63) is 0 Å². The molecule has 0 aromatic heterocycles. The summed E-state index contributed by atoms with van der Waals surface area (Å²) in [5, 5.41) is 10.7. The summed E-state index contributed by atoms with van der Waals surface area (Å²) in [6.07, 6.45) is 29.1. The first-order valence-corrected chi connectivity index (χ1v) is 17.3. The largest absolute Gasteiger partial charge is 0.521 e. The number of carbonyl (C=O) groups is 1. The van der Waals surface area contributed by atoms with Crippen molar-refractivity contribution in [2.75, 3.05) is 33.7 Å². The second-order valence-electron chi connectivity index (χ2n) is 12.2. The fourth-order valence-corrected chi connectivity index (χ4v) is 5.70. The molecule has 5 nitrogen and oxygen atoms in total. The maximum atomic E-state index is 13.0. The van der Waals surface area contributed by atoms with Crippen LogP contribution in [0.3, 0.4) is 0 Å². The Hall–Kier alpha value is -1.10. The van der Waals surface area contributed by atoms with E-state index in [1.165, 1.54) is 122 Å². The van der Waals surface area contributed by atoms with Crippen molar-refractivity contribution < 1.29 is 14.4 Å². The summed E-state index contributed by atoms with van der Waals surface area (Å²) >= 11 is 0. The van der Waals surface area contributed by atoms with Crippen LogP contribution in [0, 0.1) is 0 Å². The third-order valence-corrected chi connectivity index (χ3v) is 8.20. The molecule has 232 valence electrons. The van der Waals surface area contributed by atoms with Crippen LogP contribution < -0.4 is 0 Å². The fraction of sp³-hybridized carbons (Fsp3) is 0.941. The van der Waals surface area contributed by atoms with E-state index in [0.29, 0.717) is 13.1 Å². The van der Waals surface area contributed by atoms with Gasteiger partial charge in [0.15, 0.2) is 0 Å². The topological polar surface area (TPSA) is 52.9 Å². The second kappa shape index (κ2) is 27.1. The van der Waals surface area contributed by atoms with Crippen LogP contribution in [0.1, 0.15) is 175 Å². The third kappa shape index (κ3) is 19.6. The Morgan fingerprint density at radius 3 is 1.15 bits per heavy atom. The van der Waals surface area contributed by atoms with Gasteiger partial charge in [-0.15, -0.1) is 0 Å². The Bertz CT molecular complexity index is 557. The van der Waals surface area contributed by atoms with E-state index in [1.807, 2.05) is 19.0 Å². The van der Waals surface area contributed by atoms with E-state index in [1.54, 1.807) is 0 Å². The maximum Gasteiger partial charge on any atom is 0.521 e. The molecule has 0 aliphatic heterocycles. The predicted molar refractivity (Wildman–Crippen MR) is 172 cm³/mol. The first-order chi connectivity index (χ1) is 19.0. The summed E-state index contributed by atoms with van der Waals surface area (Å²) in [6.45, 7) is 8.84. The fourth-order valence-electron chi connectivity index (χ4n) is 5.70. The van der Waals surface area contributed by atoms with E-state index in [2.05, 4.69) is 20.8 Å². The molecule has 39 heavy (non-hydrogen) atoms. The van der Waals surface area contributed by atoms with Crippen LogP contribution in [0.5, 0.6) is 0 Å². The van der Waals surface area contributed by atoms with Crippen LogP contribution >= 0.6 is 0 Å². The lowest BCUT2D eigenvalue weighted by Crippen LogP contribution is -2.61. The molecule has 0 atom stereocenters. The molecule has 1 N–H and O–H groups in total. The average Bonchev–Trinajstić information content (AvgIpc) is 2.91. The van der Waals surface area contributed by atoms with Crippen molar-refractivity contribution in [2.24, 2.45) is 4.99 Å². The van der Waals surface area contributed by atoms with Gasteiger partial charge in [0.1, 0.15) is 0 Å². The van der Waals surface area contributed by atoms with E-state index < -0.39 is 6.09 Å². The Kier molecular flexibility index (Phi) is 26.3. The highest BCUT2D eigenvalue weighted by molar-refractivity contribution is 5.82. The standard InChI is InChI=1S/C34H69N3O2/c1-6-9-12-15-18-21-24-27-30-35-33(36(4)5)37(34(38)39,31-28-25-22-19-16-13-10-7-2)32-29-26-23-20-17-14-11-8-3/h6-32H2,1-5H3/p+1. The number of aliphatic imine (C=N–C) groups is 1. The number of nitrogens with zero attached hydrogens (tertiary/aromatic N) is 3. The molecule has 0 heterocycles. The zero-order chi connectivity index (χ0) is 29.0. The molecule has 0 radical (unpaired) electrons. The maximum absolute atomic E-state index is 13.0. The van der Waals surface area contributed by atoms with E-state index in [9.17, 15) is 9.90 Å². The number of carboxylic acid groups (broad SMARTS) is 1. The molecule has 1 amide bonds. The summed E-state index contributed by atoms with van der Waals surface area (Å²) in [5.74, 6) is 0.760. The van der Waals surface area contributed by atoms with Crippen molar-refractivity contribution in [2.45, 2.75) is 175 Å².